The van der Waals surface area contributed by atoms with Crippen molar-refractivity contribution in [2.24, 2.45) is 40.4 Å². The second-order valence-electron chi connectivity index (χ2n) is 14.9. The number of unbranched alkanes of at least 4 members (excludes halogenated alkanes) is 5. The average Bonchev–Trinajstić information content (AvgIpc) is 2.79. The molecule has 0 spiro atoms. The summed E-state index contributed by atoms with van der Waals surface area (Å²) in [6, 6.07) is 0. The predicted octanol–water partition coefficient (Wildman–Crippen LogP) is 12.6. The van der Waals surface area contributed by atoms with Crippen molar-refractivity contribution in [3.63, 3.8) is 0 Å². The van der Waals surface area contributed by atoms with Crippen LogP contribution >= 0.6 is 0 Å². The van der Waals surface area contributed by atoms with Crippen LogP contribution in [-0.2, 0) is 0 Å². The summed E-state index contributed by atoms with van der Waals surface area (Å²) < 4.78 is 0. The van der Waals surface area contributed by atoms with E-state index >= 15 is 0 Å². The monoisotopic (exact) mass is 491 g/mol. The highest BCUT2D eigenvalue weighted by molar-refractivity contribution is 4.89. The lowest BCUT2D eigenvalue weighted by Crippen LogP contribution is -2.34. The summed E-state index contributed by atoms with van der Waals surface area (Å²) in [5.74, 6) is 5.16. The van der Waals surface area contributed by atoms with Crippen LogP contribution in [0, 0.1) is 40.4 Å². The first-order valence-electron chi connectivity index (χ1n) is 16.5. The van der Waals surface area contributed by atoms with E-state index in [1.165, 1.54) is 116 Å². The Kier molecular flexibility index (Phi) is 16.5. The summed E-state index contributed by atoms with van der Waals surface area (Å²) in [7, 11) is 0. The molecule has 3 saturated carbocycles. The fourth-order valence-electron chi connectivity index (χ4n) is 7.88. The predicted molar refractivity (Wildman–Crippen MR) is 161 cm³/mol. The van der Waals surface area contributed by atoms with E-state index < -0.39 is 0 Å². The lowest BCUT2D eigenvalue weighted by Gasteiger charge is -2.45. The maximum atomic E-state index is 2.46. The molecule has 0 N–H and O–H groups in total. The molecule has 0 heteroatoms. The topological polar surface area (TPSA) is 0 Å². The van der Waals surface area contributed by atoms with E-state index in [0.717, 1.165) is 29.6 Å². The minimum atomic E-state index is 0.586. The SMILES string of the molecule is CC1CCC(CC2CCC(C)CC2)CC1.CCC1(C)CC(C)CC(C)(C)C1.CCCCCCCC. The highest BCUT2D eigenvalue weighted by atomic mass is 14.4. The summed E-state index contributed by atoms with van der Waals surface area (Å²) >= 11 is 0. The van der Waals surface area contributed by atoms with Gasteiger partial charge < -0.3 is 0 Å². The van der Waals surface area contributed by atoms with Gasteiger partial charge >= 0.3 is 0 Å². The van der Waals surface area contributed by atoms with Gasteiger partial charge in [0.05, 0.1) is 0 Å². The van der Waals surface area contributed by atoms with Crippen LogP contribution in [0.15, 0.2) is 0 Å². The van der Waals surface area contributed by atoms with Crippen molar-refractivity contribution < 1.29 is 0 Å². The molecule has 3 fully saturated rings. The summed E-state index contributed by atoms with van der Waals surface area (Å²) in [5.41, 5.74) is 1.21. The van der Waals surface area contributed by atoms with Gasteiger partial charge in [-0.05, 0) is 66.1 Å². The number of hydrogen-bond acceptors (Lipinski definition) is 0. The highest BCUT2D eigenvalue weighted by Gasteiger charge is 2.38. The zero-order valence-corrected chi connectivity index (χ0v) is 26.3. The highest BCUT2D eigenvalue weighted by Crippen LogP contribution is 2.49. The van der Waals surface area contributed by atoms with Crippen LogP contribution in [0.3, 0.4) is 0 Å². The minimum absolute atomic E-state index is 0.586. The van der Waals surface area contributed by atoms with Crippen LogP contribution in [0.2, 0.25) is 0 Å². The molecule has 0 heterocycles. The van der Waals surface area contributed by atoms with Crippen molar-refractivity contribution in [3.8, 4) is 0 Å². The van der Waals surface area contributed by atoms with Crippen LogP contribution in [0.4, 0.5) is 0 Å². The van der Waals surface area contributed by atoms with Crippen LogP contribution in [0.5, 0.6) is 0 Å². The van der Waals surface area contributed by atoms with Gasteiger partial charge in [0.1, 0.15) is 0 Å². The summed E-state index contributed by atoms with van der Waals surface area (Å²) in [4.78, 5) is 0. The van der Waals surface area contributed by atoms with Crippen molar-refractivity contribution in [2.45, 2.75) is 184 Å². The van der Waals surface area contributed by atoms with Crippen LogP contribution in [0.25, 0.3) is 0 Å². The molecule has 3 aliphatic carbocycles. The average molecular weight is 491 g/mol. The van der Waals surface area contributed by atoms with Gasteiger partial charge in [0.25, 0.3) is 0 Å². The molecule has 2 atom stereocenters. The maximum absolute atomic E-state index is 2.46. The van der Waals surface area contributed by atoms with Crippen molar-refractivity contribution in [2.75, 3.05) is 0 Å². The van der Waals surface area contributed by atoms with Crippen molar-refractivity contribution in [1.82, 2.24) is 0 Å². The Morgan fingerprint density at radius 2 is 0.971 bits per heavy atom. The van der Waals surface area contributed by atoms with E-state index in [1.54, 1.807) is 6.42 Å². The van der Waals surface area contributed by atoms with E-state index in [1.807, 2.05) is 0 Å². The molecule has 0 aromatic carbocycles. The lowest BCUT2D eigenvalue weighted by atomic mass is 9.60. The van der Waals surface area contributed by atoms with E-state index in [9.17, 15) is 0 Å². The number of rotatable bonds is 8. The second kappa shape index (κ2) is 17.5. The fraction of sp³-hybridized carbons (Fsp3) is 1.00. The van der Waals surface area contributed by atoms with Crippen molar-refractivity contribution in [3.05, 3.63) is 0 Å². The molecule has 0 aliphatic heterocycles. The van der Waals surface area contributed by atoms with Crippen LogP contribution in [-0.4, -0.2) is 0 Å². The van der Waals surface area contributed by atoms with Gasteiger partial charge in [-0.1, -0.05) is 159 Å². The molecule has 2 unspecified atom stereocenters. The molecule has 3 aliphatic rings. The molecule has 0 aromatic rings. The Hall–Kier alpha value is 0. The maximum Gasteiger partial charge on any atom is -0.0321 e. The van der Waals surface area contributed by atoms with E-state index in [4.69, 9.17) is 0 Å². The second-order valence-corrected chi connectivity index (χ2v) is 14.9. The molecule has 35 heavy (non-hydrogen) atoms. The van der Waals surface area contributed by atoms with Gasteiger partial charge in [-0.2, -0.15) is 0 Å². The third-order valence-electron chi connectivity index (χ3n) is 9.90. The summed E-state index contributed by atoms with van der Waals surface area (Å²) in [6.45, 7) is 21.4. The number of hydrogen-bond donors (Lipinski definition) is 0. The van der Waals surface area contributed by atoms with Crippen LogP contribution < -0.4 is 0 Å². The van der Waals surface area contributed by atoms with Crippen molar-refractivity contribution >= 4 is 0 Å². The van der Waals surface area contributed by atoms with Gasteiger partial charge in [0.2, 0.25) is 0 Å². The minimum Gasteiger partial charge on any atom is -0.0654 e. The molecule has 3 rings (SSSR count). The fourth-order valence-corrected chi connectivity index (χ4v) is 7.88. The Morgan fingerprint density at radius 1 is 0.543 bits per heavy atom. The Morgan fingerprint density at radius 3 is 1.31 bits per heavy atom. The third kappa shape index (κ3) is 15.1. The van der Waals surface area contributed by atoms with Gasteiger partial charge in [0.15, 0.2) is 0 Å². The molecule has 0 aromatic heterocycles. The van der Waals surface area contributed by atoms with Gasteiger partial charge in [-0.3, -0.25) is 0 Å². The lowest BCUT2D eigenvalue weighted by molar-refractivity contribution is 0.0582. The molecule has 210 valence electrons. The zero-order valence-electron chi connectivity index (χ0n) is 26.3. The van der Waals surface area contributed by atoms with E-state index in [0.29, 0.717) is 10.8 Å². The Labute approximate surface area is 224 Å². The zero-order chi connectivity index (χ0) is 26.3. The van der Waals surface area contributed by atoms with Gasteiger partial charge in [-0.15, -0.1) is 0 Å². The van der Waals surface area contributed by atoms with Gasteiger partial charge in [-0.25, -0.2) is 0 Å². The molecular formula is C35H70. The molecule has 0 amide bonds. The van der Waals surface area contributed by atoms with E-state index in [-0.39, 0.29) is 0 Å². The third-order valence-corrected chi connectivity index (χ3v) is 9.90. The summed E-state index contributed by atoms with van der Waals surface area (Å²) in [6.07, 6.45) is 27.8. The van der Waals surface area contributed by atoms with Crippen molar-refractivity contribution in [1.29, 1.82) is 0 Å². The standard InChI is InChI=1S/C15H28.C12H24.C8H18/c1-12-3-7-14(8-4-12)11-15-9-5-13(2)6-10-15;1-6-12(5)8-10(2)7-11(3,4)9-12;1-3-5-7-8-6-4-2/h12-15H,3-11H2,1-2H3;10H,6-9H2,1-5H3;3-8H2,1-2H3. The largest absolute Gasteiger partial charge is 0.0654 e. The smallest absolute Gasteiger partial charge is 0.0321 e. The first kappa shape index (κ1) is 33.0. The van der Waals surface area contributed by atoms with Gasteiger partial charge in [0, 0.05) is 0 Å². The molecule has 0 saturated heterocycles. The Bertz CT molecular complexity index is 462. The first-order chi connectivity index (χ1) is 16.5. The van der Waals surface area contributed by atoms with E-state index in [2.05, 4.69) is 62.3 Å². The van der Waals surface area contributed by atoms with Crippen LogP contribution in [0.1, 0.15) is 184 Å². The Balaban J connectivity index is 0.000000277. The first-order valence-corrected chi connectivity index (χ1v) is 16.5. The normalized spacial score (nSPS) is 34.7. The molecular weight excluding hydrogens is 420 g/mol. The molecule has 0 radical (unpaired) electrons. The molecule has 0 bridgehead atoms. The molecule has 0 nitrogen and oxygen atoms in total. The summed E-state index contributed by atoms with van der Waals surface area (Å²) in [5, 5.41) is 0. The quantitative estimate of drug-likeness (QED) is 0.297.